The maximum absolute atomic E-state index is 11.8. The molecule has 0 aliphatic heterocycles. The molecule has 0 saturated heterocycles. The van der Waals surface area contributed by atoms with Crippen LogP contribution in [0.5, 0.6) is 5.75 Å². The number of halogens is 2. The third-order valence-corrected chi connectivity index (χ3v) is 4.52. The summed E-state index contributed by atoms with van der Waals surface area (Å²) in [5, 5.41) is 0. The lowest BCUT2D eigenvalue weighted by Gasteiger charge is -2.10. The Morgan fingerprint density at radius 3 is 2.72 bits per heavy atom. The minimum atomic E-state index is -3.32. The van der Waals surface area contributed by atoms with Gasteiger partial charge in [0.15, 0.2) is 0 Å². The fourth-order valence-corrected chi connectivity index (χ4v) is 3.11. The van der Waals surface area contributed by atoms with Gasteiger partial charge in [0.05, 0.1) is 23.0 Å². The van der Waals surface area contributed by atoms with E-state index in [0.717, 1.165) is 4.47 Å². The van der Waals surface area contributed by atoms with Crippen molar-refractivity contribution in [2.75, 3.05) is 23.5 Å². The van der Waals surface area contributed by atoms with E-state index in [4.69, 9.17) is 16.3 Å². The molecule has 0 aliphatic carbocycles. The molecule has 0 unspecified atom stereocenters. The first-order chi connectivity index (χ1) is 8.48. The Labute approximate surface area is 121 Å². The Morgan fingerprint density at radius 2 is 2.11 bits per heavy atom. The number of methoxy groups -OCH3 is 1. The quantitative estimate of drug-likeness (QED) is 0.603. The maximum Gasteiger partial charge on any atom is 0.232 e. The van der Waals surface area contributed by atoms with Gasteiger partial charge in [-0.3, -0.25) is 4.72 Å². The highest BCUT2D eigenvalue weighted by atomic mass is 79.9. The van der Waals surface area contributed by atoms with Gasteiger partial charge in [0, 0.05) is 11.9 Å². The van der Waals surface area contributed by atoms with Crippen molar-refractivity contribution in [2.24, 2.45) is 0 Å². The van der Waals surface area contributed by atoms with Gasteiger partial charge in [0.25, 0.3) is 0 Å². The second-order valence-electron chi connectivity index (χ2n) is 3.67. The lowest BCUT2D eigenvalue weighted by atomic mass is 10.3. The largest absolute Gasteiger partial charge is 0.495 e. The molecular weight excluding hydrogens is 342 g/mol. The average molecular weight is 357 g/mol. The van der Waals surface area contributed by atoms with Gasteiger partial charge in [-0.05, 0) is 40.9 Å². The number of hydrogen-bond acceptors (Lipinski definition) is 3. The maximum atomic E-state index is 11.8. The molecule has 0 radical (unpaired) electrons. The zero-order chi connectivity index (χ0) is 13.6. The van der Waals surface area contributed by atoms with Crippen LogP contribution in [0.1, 0.15) is 12.8 Å². The highest BCUT2D eigenvalue weighted by molar-refractivity contribution is 9.10. The third-order valence-electron chi connectivity index (χ3n) is 2.22. The minimum absolute atomic E-state index is 0.0676. The molecule has 18 heavy (non-hydrogen) atoms. The van der Waals surface area contributed by atoms with Crippen molar-refractivity contribution in [1.82, 2.24) is 0 Å². The summed E-state index contributed by atoms with van der Waals surface area (Å²) < 4.78 is 31.9. The number of alkyl halides is 1. The summed E-state index contributed by atoms with van der Waals surface area (Å²) in [7, 11) is -1.80. The van der Waals surface area contributed by atoms with E-state index in [-0.39, 0.29) is 5.75 Å². The first-order valence-corrected chi connectivity index (χ1v) is 8.36. The Balaban J connectivity index is 2.72. The van der Waals surface area contributed by atoms with Crippen molar-refractivity contribution < 1.29 is 13.2 Å². The number of ether oxygens (including phenoxy) is 1. The van der Waals surface area contributed by atoms with Gasteiger partial charge in [0.2, 0.25) is 10.0 Å². The van der Waals surface area contributed by atoms with Gasteiger partial charge in [-0.15, -0.1) is 11.6 Å². The Kier molecular flexibility index (Phi) is 6.25. The van der Waals surface area contributed by atoms with Crippen LogP contribution in [0.4, 0.5) is 5.69 Å². The summed E-state index contributed by atoms with van der Waals surface area (Å²) in [6.07, 6.45) is 1.23. The van der Waals surface area contributed by atoms with Crippen molar-refractivity contribution in [3.63, 3.8) is 0 Å². The molecule has 0 aromatic heterocycles. The molecule has 4 nitrogen and oxygen atoms in total. The fraction of sp³-hybridized carbons (Fsp3) is 0.455. The van der Waals surface area contributed by atoms with E-state index in [1.165, 1.54) is 7.11 Å². The van der Waals surface area contributed by atoms with Crippen LogP contribution >= 0.6 is 27.5 Å². The van der Waals surface area contributed by atoms with Crippen LogP contribution in [0.15, 0.2) is 22.7 Å². The van der Waals surface area contributed by atoms with E-state index in [9.17, 15) is 8.42 Å². The van der Waals surface area contributed by atoms with Crippen LogP contribution in [-0.4, -0.2) is 27.2 Å². The summed E-state index contributed by atoms with van der Waals surface area (Å²) in [6, 6.07) is 5.03. The summed E-state index contributed by atoms with van der Waals surface area (Å²) >= 11 is 8.82. The van der Waals surface area contributed by atoms with Crippen LogP contribution in [0, 0.1) is 0 Å². The fourth-order valence-electron chi connectivity index (χ4n) is 1.34. The predicted molar refractivity (Wildman–Crippen MR) is 78.1 cm³/mol. The summed E-state index contributed by atoms with van der Waals surface area (Å²) in [4.78, 5) is 0. The van der Waals surface area contributed by atoms with E-state index < -0.39 is 10.0 Å². The number of benzene rings is 1. The Bertz CT molecular complexity index is 493. The first kappa shape index (κ1) is 15.6. The van der Waals surface area contributed by atoms with Crippen molar-refractivity contribution in [2.45, 2.75) is 12.8 Å². The molecule has 1 aromatic carbocycles. The van der Waals surface area contributed by atoms with Gasteiger partial charge in [0.1, 0.15) is 5.75 Å². The second kappa shape index (κ2) is 7.21. The molecule has 7 heteroatoms. The number of hydrogen-bond donors (Lipinski definition) is 1. The lowest BCUT2D eigenvalue weighted by molar-refractivity contribution is 0.412. The van der Waals surface area contributed by atoms with Gasteiger partial charge in [-0.2, -0.15) is 0 Å². The number of sulfonamides is 1. The van der Waals surface area contributed by atoms with Crippen LogP contribution in [0.3, 0.4) is 0 Å². The van der Waals surface area contributed by atoms with Gasteiger partial charge in [-0.1, -0.05) is 0 Å². The highest BCUT2D eigenvalue weighted by Gasteiger charge is 2.11. The predicted octanol–water partition coefficient (Wildman–Crippen LogP) is 3.22. The number of anilines is 1. The monoisotopic (exact) mass is 355 g/mol. The van der Waals surface area contributed by atoms with Crippen molar-refractivity contribution >= 4 is 43.2 Å². The number of rotatable bonds is 7. The van der Waals surface area contributed by atoms with Crippen molar-refractivity contribution in [3.8, 4) is 5.75 Å². The molecule has 1 N–H and O–H groups in total. The number of nitrogens with one attached hydrogen (secondary N) is 1. The molecule has 0 amide bonds. The van der Waals surface area contributed by atoms with E-state index in [0.29, 0.717) is 30.2 Å². The van der Waals surface area contributed by atoms with Crippen LogP contribution in [0.2, 0.25) is 0 Å². The minimum Gasteiger partial charge on any atom is -0.495 e. The lowest BCUT2D eigenvalue weighted by Crippen LogP contribution is -2.16. The highest BCUT2D eigenvalue weighted by Crippen LogP contribution is 2.28. The molecule has 0 aliphatic rings. The van der Waals surface area contributed by atoms with Crippen LogP contribution in [-0.2, 0) is 10.0 Å². The molecule has 0 bridgehead atoms. The molecule has 102 valence electrons. The normalized spacial score (nSPS) is 11.3. The molecule has 0 heterocycles. The van der Waals surface area contributed by atoms with E-state index in [1.54, 1.807) is 18.2 Å². The van der Waals surface area contributed by atoms with Gasteiger partial charge in [-0.25, -0.2) is 8.42 Å². The zero-order valence-electron chi connectivity index (χ0n) is 9.95. The molecule has 0 spiro atoms. The molecule has 0 fully saturated rings. The second-order valence-corrected chi connectivity index (χ2v) is 6.74. The molecule has 0 atom stereocenters. The standard InChI is InChI=1S/C11H15BrClNO3S/c1-17-11-8-9(4-5-10(11)12)14-18(15,16)7-3-2-6-13/h4-5,8,14H,2-3,6-7H2,1H3. The molecule has 1 rings (SSSR count). The Morgan fingerprint density at radius 1 is 1.39 bits per heavy atom. The SMILES string of the molecule is COc1cc(NS(=O)(=O)CCCCCl)ccc1Br. The Hall–Kier alpha value is -0.460. The molecule has 0 saturated carbocycles. The van der Waals surface area contributed by atoms with Crippen molar-refractivity contribution in [1.29, 1.82) is 0 Å². The van der Waals surface area contributed by atoms with E-state index in [2.05, 4.69) is 20.7 Å². The van der Waals surface area contributed by atoms with Gasteiger partial charge < -0.3 is 4.74 Å². The summed E-state index contributed by atoms with van der Waals surface area (Å²) in [6.45, 7) is 0. The topological polar surface area (TPSA) is 55.4 Å². The average Bonchev–Trinajstić information content (AvgIpc) is 2.31. The first-order valence-electron chi connectivity index (χ1n) is 5.38. The summed E-state index contributed by atoms with van der Waals surface area (Å²) in [5.41, 5.74) is 0.487. The third kappa shape index (κ3) is 5.04. The molecule has 1 aromatic rings. The van der Waals surface area contributed by atoms with E-state index in [1.807, 2.05) is 0 Å². The molecular formula is C11H15BrClNO3S. The van der Waals surface area contributed by atoms with Gasteiger partial charge >= 0.3 is 0 Å². The van der Waals surface area contributed by atoms with Crippen molar-refractivity contribution in [3.05, 3.63) is 22.7 Å². The van der Waals surface area contributed by atoms with E-state index >= 15 is 0 Å². The summed E-state index contributed by atoms with van der Waals surface area (Å²) in [5.74, 6) is 1.12. The van der Waals surface area contributed by atoms with Crippen LogP contribution in [0.25, 0.3) is 0 Å². The number of unbranched alkanes of at least 4 members (excludes halogenated alkanes) is 1. The van der Waals surface area contributed by atoms with Crippen LogP contribution < -0.4 is 9.46 Å². The zero-order valence-corrected chi connectivity index (χ0v) is 13.1. The smallest absolute Gasteiger partial charge is 0.232 e.